The summed E-state index contributed by atoms with van der Waals surface area (Å²) in [4.78, 5) is 11.3. The summed E-state index contributed by atoms with van der Waals surface area (Å²) < 4.78 is 0. The summed E-state index contributed by atoms with van der Waals surface area (Å²) in [6.45, 7) is 0.910. The maximum atomic E-state index is 11.3. The average molecular weight is 266 g/mol. The number of para-hydroxylation sites is 2. The van der Waals surface area contributed by atoms with Crippen molar-refractivity contribution in [3.8, 4) is 0 Å². The van der Waals surface area contributed by atoms with Crippen LogP contribution >= 0.6 is 0 Å². The van der Waals surface area contributed by atoms with Crippen molar-refractivity contribution < 1.29 is 4.79 Å². The number of nitrogens with zero attached hydrogens (tertiary/aromatic N) is 2. The monoisotopic (exact) mass is 266 g/mol. The second-order valence-electron chi connectivity index (χ2n) is 4.99. The number of carbonyl (C=O) groups is 1. The molecule has 102 valence electrons. The molecule has 1 fully saturated rings. The standard InChI is InChI=1S/C17H18N2O/c20-14-17-12-7-13-18(17)19(15-8-3-1-4-9-15)16-10-5-2-6-11-16/h1-6,8-11,14,17H,7,12-13H2/t17-/m0/s1. The minimum absolute atomic E-state index is 0.0320. The normalized spacial score (nSPS) is 18.9. The number of hydrogen-bond donors (Lipinski definition) is 0. The zero-order valence-electron chi connectivity index (χ0n) is 11.4. The average Bonchev–Trinajstić information content (AvgIpc) is 2.98. The maximum absolute atomic E-state index is 11.3. The lowest BCUT2D eigenvalue weighted by Gasteiger charge is -2.36. The quantitative estimate of drug-likeness (QED) is 0.792. The number of aldehydes is 1. The molecule has 1 aliphatic rings. The van der Waals surface area contributed by atoms with Crippen molar-refractivity contribution >= 4 is 17.7 Å². The zero-order chi connectivity index (χ0) is 13.8. The summed E-state index contributed by atoms with van der Waals surface area (Å²) in [5, 5.41) is 4.32. The number of hydrogen-bond acceptors (Lipinski definition) is 3. The van der Waals surface area contributed by atoms with Gasteiger partial charge in [0.1, 0.15) is 6.29 Å². The minimum atomic E-state index is -0.0320. The molecule has 0 saturated carbocycles. The van der Waals surface area contributed by atoms with Crippen molar-refractivity contribution in [2.24, 2.45) is 0 Å². The molecule has 0 radical (unpaired) electrons. The van der Waals surface area contributed by atoms with Crippen LogP contribution in [0.15, 0.2) is 60.7 Å². The summed E-state index contributed by atoms with van der Waals surface area (Å²) in [5.41, 5.74) is 2.18. The molecular weight excluding hydrogens is 248 g/mol. The molecule has 0 unspecified atom stereocenters. The van der Waals surface area contributed by atoms with Gasteiger partial charge in [-0.3, -0.25) is 5.01 Å². The van der Waals surface area contributed by atoms with Crippen LogP contribution in [0.1, 0.15) is 12.8 Å². The van der Waals surface area contributed by atoms with Gasteiger partial charge in [-0.05, 0) is 37.1 Å². The third kappa shape index (κ3) is 2.45. The maximum Gasteiger partial charge on any atom is 0.139 e. The van der Waals surface area contributed by atoms with Crippen LogP contribution in [0.25, 0.3) is 0 Å². The fourth-order valence-electron chi connectivity index (χ4n) is 2.75. The zero-order valence-corrected chi connectivity index (χ0v) is 11.4. The summed E-state index contributed by atoms with van der Waals surface area (Å²) in [5.74, 6) is 0. The molecule has 1 aliphatic heterocycles. The van der Waals surface area contributed by atoms with Gasteiger partial charge in [-0.15, -0.1) is 0 Å². The van der Waals surface area contributed by atoms with Crippen LogP contribution in [0.2, 0.25) is 0 Å². The van der Waals surface area contributed by atoms with Crippen LogP contribution in [0.4, 0.5) is 11.4 Å². The highest BCUT2D eigenvalue weighted by atomic mass is 16.1. The van der Waals surface area contributed by atoms with Gasteiger partial charge in [-0.1, -0.05) is 36.4 Å². The summed E-state index contributed by atoms with van der Waals surface area (Å²) in [6, 6.07) is 20.4. The Morgan fingerprint density at radius 3 is 2.00 bits per heavy atom. The second kappa shape index (κ2) is 5.88. The number of anilines is 2. The van der Waals surface area contributed by atoms with Crippen LogP contribution in [0.5, 0.6) is 0 Å². The fourth-order valence-corrected chi connectivity index (χ4v) is 2.75. The Hall–Kier alpha value is -2.13. The Kier molecular flexibility index (Phi) is 3.79. The lowest BCUT2D eigenvalue weighted by atomic mass is 10.2. The highest BCUT2D eigenvalue weighted by molar-refractivity contribution is 5.65. The summed E-state index contributed by atoms with van der Waals surface area (Å²) in [6.07, 6.45) is 3.05. The van der Waals surface area contributed by atoms with Crippen LogP contribution in [0.3, 0.4) is 0 Å². The van der Waals surface area contributed by atoms with E-state index in [2.05, 4.69) is 34.3 Å². The minimum Gasteiger partial charge on any atom is -0.302 e. The molecule has 1 saturated heterocycles. The van der Waals surface area contributed by atoms with Crippen molar-refractivity contribution in [2.75, 3.05) is 11.6 Å². The Balaban J connectivity index is 2.02. The van der Waals surface area contributed by atoms with E-state index in [-0.39, 0.29) is 6.04 Å². The second-order valence-corrected chi connectivity index (χ2v) is 4.99. The van der Waals surface area contributed by atoms with Gasteiger partial charge in [0, 0.05) is 6.54 Å². The van der Waals surface area contributed by atoms with Crippen molar-refractivity contribution in [2.45, 2.75) is 18.9 Å². The SMILES string of the molecule is O=C[C@@H]1CCCN1N(c1ccccc1)c1ccccc1. The number of carbonyl (C=O) groups excluding carboxylic acids is 1. The van der Waals surface area contributed by atoms with Crippen molar-refractivity contribution in [3.63, 3.8) is 0 Å². The van der Waals surface area contributed by atoms with Crippen molar-refractivity contribution in [1.29, 1.82) is 0 Å². The fraction of sp³-hybridized carbons (Fsp3) is 0.235. The van der Waals surface area contributed by atoms with E-state index < -0.39 is 0 Å². The van der Waals surface area contributed by atoms with Crippen molar-refractivity contribution in [1.82, 2.24) is 5.01 Å². The molecule has 2 aromatic carbocycles. The number of hydrazine groups is 1. The Morgan fingerprint density at radius 1 is 0.950 bits per heavy atom. The van der Waals surface area contributed by atoms with Gasteiger partial charge >= 0.3 is 0 Å². The van der Waals surface area contributed by atoms with Gasteiger partial charge in [-0.25, -0.2) is 5.01 Å². The third-order valence-corrected chi connectivity index (χ3v) is 3.69. The van der Waals surface area contributed by atoms with Crippen molar-refractivity contribution in [3.05, 3.63) is 60.7 Å². The molecule has 3 nitrogen and oxygen atoms in total. The molecule has 1 heterocycles. The van der Waals surface area contributed by atoms with Crippen LogP contribution in [0, 0.1) is 0 Å². The number of rotatable bonds is 4. The Labute approximate surface area is 119 Å². The smallest absolute Gasteiger partial charge is 0.139 e. The molecule has 0 amide bonds. The van der Waals surface area contributed by atoms with Crippen LogP contribution in [-0.2, 0) is 4.79 Å². The van der Waals surface area contributed by atoms with E-state index in [1.165, 1.54) is 0 Å². The lowest BCUT2D eigenvalue weighted by molar-refractivity contribution is -0.111. The van der Waals surface area contributed by atoms with Gasteiger partial charge in [0.15, 0.2) is 0 Å². The highest BCUT2D eigenvalue weighted by Gasteiger charge is 2.30. The largest absolute Gasteiger partial charge is 0.302 e. The van der Waals surface area contributed by atoms with Crippen LogP contribution < -0.4 is 5.01 Å². The van der Waals surface area contributed by atoms with E-state index >= 15 is 0 Å². The predicted octanol–water partition coefficient (Wildman–Crippen LogP) is 3.40. The van der Waals surface area contributed by atoms with Gasteiger partial charge in [0.25, 0.3) is 0 Å². The van der Waals surface area contributed by atoms with E-state index in [1.54, 1.807) is 0 Å². The Morgan fingerprint density at radius 2 is 1.50 bits per heavy atom. The van der Waals surface area contributed by atoms with E-state index in [0.29, 0.717) is 0 Å². The first kappa shape index (κ1) is 12.9. The first-order valence-electron chi connectivity index (χ1n) is 7.02. The molecule has 20 heavy (non-hydrogen) atoms. The molecule has 0 spiro atoms. The van der Waals surface area contributed by atoms with E-state index in [9.17, 15) is 4.79 Å². The van der Waals surface area contributed by atoms with E-state index in [4.69, 9.17) is 0 Å². The first-order valence-corrected chi connectivity index (χ1v) is 7.02. The molecule has 0 aliphatic carbocycles. The van der Waals surface area contributed by atoms with Crippen LogP contribution in [-0.4, -0.2) is 23.9 Å². The lowest BCUT2D eigenvalue weighted by Crippen LogP contribution is -2.43. The third-order valence-electron chi connectivity index (χ3n) is 3.69. The number of benzene rings is 2. The van der Waals surface area contributed by atoms with Gasteiger partial charge in [-0.2, -0.15) is 0 Å². The molecule has 0 aromatic heterocycles. The Bertz CT molecular complexity index is 516. The molecule has 1 atom stereocenters. The van der Waals surface area contributed by atoms with E-state index in [0.717, 1.165) is 37.0 Å². The molecule has 2 aromatic rings. The predicted molar refractivity (Wildman–Crippen MR) is 80.8 cm³/mol. The summed E-state index contributed by atoms with van der Waals surface area (Å²) in [7, 11) is 0. The van der Waals surface area contributed by atoms with E-state index in [1.807, 2.05) is 36.4 Å². The molecule has 0 N–H and O–H groups in total. The molecule has 3 rings (SSSR count). The summed E-state index contributed by atoms with van der Waals surface area (Å²) >= 11 is 0. The highest BCUT2D eigenvalue weighted by Crippen LogP contribution is 2.31. The molecule has 0 bridgehead atoms. The van der Waals surface area contributed by atoms with Gasteiger partial charge in [0.05, 0.1) is 17.4 Å². The van der Waals surface area contributed by atoms with Gasteiger partial charge < -0.3 is 4.79 Å². The molecule has 3 heteroatoms. The first-order chi connectivity index (χ1) is 9.90. The van der Waals surface area contributed by atoms with Gasteiger partial charge in [0.2, 0.25) is 0 Å². The molecular formula is C17H18N2O. The topological polar surface area (TPSA) is 23.6 Å².